The number of aliphatic hydroxyl groups excluding tert-OH is 1. The van der Waals surface area contributed by atoms with Crippen LogP contribution in [0, 0.1) is 0 Å². The van der Waals surface area contributed by atoms with Crippen LogP contribution in [0.25, 0.3) is 0 Å². The summed E-state index contributed by atoms with van der Waals surface area (Å²) >= 11 is 5.80. The van der Waals surface area contributed by atoms with Crippen molar-refractivity contribution in [3.05, 3.63) is 0 Å². The molecule has 56 valence electrons. The van der Waals surface area contributed by atoms with Crippen molar-refractivity contribution in [2.24, 2.45) is 0 Å². The van der Waals surface area contributed by atoms with Gasteiger partial charge in [-0.15, -0.1) is 0 Å². The highest BCUT2D eigenvalue weighted by molar-refractivity contribution is 6.06. The molecule has 1 atom stereocenters. The van der Waals surface area contributed by atoms with Crippen molar-refractivity contribution < 1.29 is 9.11 Å². The lowest BCUT2D eigenvalue weighted by Crippen LogP contribution is -2.30. The molecule has 0 aliphatic carbocycles. The summed E-state index contributed by atoms with van der Waals surface area (Å²) in [5.74, 6) is 0. The molecular weight excluding hydrogens is 138 g/mol. The number of hydrogen-bond donors (Lipinski definition) is 1. The van der Waals surface area contributed by atoms with Crippen molar-refractivity contribution in [2.45, 2.75) is 19.4 Å². The maximum absolute atomic E-state index is 8.85. The Bertz CT molecular complexity index is 77.6. The van der Waals surface area contributed by atoms with E-state index in [9.17, 15) is 0 Å². The molecule has 0 saturated carbocycles. The van der Waals surface area contributed by atoms with Gasteiger partial charge in [-0.05, 0) is 6.92 Å². The van der Waals surface area contributed by atoms with Gasteiger partial charge in [0.15, 0.2) is 11.8 Å². The number of quaternary nitrogens is 1. The monoisotopic (exact) mass is 152 g/mol. The molecule has 0 bridgehead atoms. The van der Waals surface area contributed by atoms with E-state index in [-0.39, 0.29) is 6.10 Å². The molecule has 0 aliphatic rings. The standard InChI is InChI=1S/C6H15ClNO/c1-6(9)4-5-8(2,3)7/h6,9H,4-5H2,1-3H3/q+1. The first kappa shape index (κ1) is 9.21. The molecule has 1 unspecified atom stereocenters. The molecule has 9 heavy (non-hydrogen) atoms. The van der Waals surface area contributed by atoms with Crippen molar-refractivity contribution in [3.63, 3.8) is 0 Å². The van der Waals surface area contributed by atoms with Crippen LogP contribution in [0.1, 0.15) is 13.3 Å². The summed E-state index contributed by atoms with van der Waals surface area (Å²) in [5.41, 5.74) is 0. The number of halogens is 1. The van der Waals surface area contributed by atoms with Crippen molar-refractivity contribution in [1.29, 1.82) is 0 Å². The van der Waals surface area contributed by atoms with Gasteiger partial charge in [-0.2, -0.15) is 0 Å². The second-order valence-corrected chi connectivity index (χ2v) is 3.81. The Kier molecular flexibility index (Phi) is 3.48. The Morgan fingerprint density at radius 2 is 2.00 bits per heavy atom. The lowest BCUT2D eigenvalue weighted by atomic mass is 10.3. The number of hydrogen-bond acceptors (Lipinski definition) is 1. The molecule has 0 aliphatic heterocycles. The van der Waals surface area contributed by atoms with Crippen molar-refractivity contribution in [2.75, 3.05) is 20.6 Å². The van der Waals surface area contributed by atoms with E-state index in [0.717, 1.165) is 13.0 Å². The maximum Gasteiger partial charge on any atom is 0.164 e. The van der Waals surface area contributed by atoms with Gasteiger partial charge in [-0.1, -0.05) is 0 Å². The molecular formula is C6H15ClNO+. The minimum atomic E-state index is -0.235. The molecule has 2 nitrogen and oxygen atoms in total. The summed E-state index contributed by atoms with van der Waals surface area (Å²) in [4.78, 5) is 0. The largest absolute Gasteiger partial charge is 0.393 e. The summed E-state index contributed by atoms with van der Waals surface area (Å²) < 4.78 is 0.408. The summed E-state index contributed by atoms with van der Waals surface area (Å²) in [5, 5.41) is 8.85. The van der Waals surface area contributed by atoms with E-state index < -0.39 is 0 Å². The van der Waals surface area contributed by atoms with E-state index in [0.29, 0.717) is 4.00 Å². The molecule has 0 radical (unpaired) electrons. The van der Waals surface area contributed by atoms with Gasteiger partial charge in [0, 0.05) is 6.42 Å². The zero-order valence-electron chi connectivity index (χ0n) is 6.26. The fraction of sp³-hybridized carbons (Fsp3) is 1.00. The van der Waals surface area contributed by atoms with Crippen LogP contribution in [0.4, 0.5) is 0 Å². The van der Waals surface area contributed by atoms with E-state index in [2.05, 4.69) is 0 Å². The van der Waals surface area contributed by atoms with Gasteiger partial charge in [-0.25, -0.2) is 4.00 Å². The van der Waals surface area contributed by atoms with Crippen LogP contribution in [0.2, 0.25) is 0 Å². The molecule has 0 fully saturated rings. The third kappa shape index (κ3) is 8.21. The predicted molar refractivity (Wildman–Crippen MR) is 39.1 cm³/mol. The van der Waals surface area contributed by atoms with Crippen LogP contribution in [0.15, 0.2) is 0 Å². The van der Waals surface area contributed by atoms with Gasteiger partial charge in [0.1, 0.15) is 0 Å². The lowest BCUT2D eigenvalue weighted by Gasteiger charge is -2.18. The van der Waals surface area contributed by atoms with E-state index in [1.807, 2.05) is 14.1 Å². The highest BCUT2D eigenvalue weighted by Crippen LogP contribution is 2.04. The van der Waals surface area contributed by atoms with Crippen molar-refractivity contribution in [1.82, 2.24) is 0 Å². The molecule has 0 aromatic rings. The Morgan fingerprint density at radius 1 is 1.56 bits per heavy atom. The van der Waals surface area contributed by atoms with Crippen LogP contribution in [-0.4, -0.2) is 35.9 Å². The van der Waals surface area contributed by atoms with Crippen LogP contribution in [0.5, 0.6) is 0 Å². The van der Waals surface area contributed by atoms with Crippen molar-refractivity contribution >= 4 is 11.8 Å². The second kappa shape index (κ2) is 3.40. The Hall–Kier alpha value is 0.210. The highest BCUT2D eigenvalue weighted by Gasteiger charge is 2.11. The van der Waals surface area contributed by atoms with Crippen LogP contribution in [0.3, 0.4) is 0 Å². The molecule has 0 spiro atoms. The quantitative estimate of drug-likeness (QED) is 0.598. The van der Waals surface area contributed by atoms with Crippen LogP contribution in [-0.2, 0) is 0 Å². The minimum Gasteiger partial charge on any atom is -0.393 e. The van der Waals surface area contributed by atoms with Gasteiger partial charge in [0.2, 0.25) is 0 Å². The Balaban J connectivity index is 3.28. The van der Waals surface area contributed by atoms with Gasteiger partial charge < -0.3 is 5.11 Å². The molecule has 0 heterocycles. The zero-order chi connectivity index (χ0) is 7.49. The normalized spacial score (nSPS) is 15.7. The molecule has 0 aromatic heterocycles. The summed E-state index contributed by atoms with van der Waals surface area (Å²) in [6.45, 7) is 2.58. The SMILES string of the molecule is CC(O)CC[N+](C)(C)Cl. The van der Waals surface area contributed by atoms with Crippen LogP contribution >= 0.6 is 11.8 Å². The third-order valence-electron chi connectivity index (χ3n) is 1.08. The number of nitrogens with zero attached hydrogens (tertiary/aromatic N) is 1. The van der Waals surface area contributed by atoms with Gasteiger partial charge >= 0.3 is 0 Å². The van der Waals surface area contributed by atoms with Gasteiger partial charge in [0.05, 0.1) is 26.7 Å². The van der Waals surface area contributed by atoms with Gasteiger partial charge in [0.25, 0.3) is 0 Å². The molecule has 0 rings (SSSR count). The smallest absolute Gasteiger partial charge is 0.164 e. The van der Waals surface area contributed by atoms with E-state index in [4.69, 9.17) is 16.9 Å². The average molecular weight is 153 g/mol. The fourth-order valence-corrected chi connectivity index (χ4v) is 0.591. The predicted octanol–water partition coefficient (Wildman–Crippen LogP) is 0.988. The topological polar surface area (TPSA) is 20.2 Å². The third-order valence-corrected chi connectivity index (χ3v) is 1.25. The van der Waals surface area contributed by atoms with E-state index >= 15 is 0 Å². The molecule has 0 saturated heterocycles. The number of aliphatic hydroxyl groups is 1. The average Bonchev–Trinajstić information content (AvgIpc) is 1.59. The maximum atomic E-state index is 8.85. The Morgan fingerprint density at radius 3 is 2.11 bits per heavy atom. The zero-order valence-corrected chi connectivity index (χ0v) is 7.02. The van der Waals surface area contributed by atoms with Crippen molar-refractivity contribution in [3.8, 4) is 0 Å². The summed E-state index contributed by atoms with van der Waals surface area (Å²) in [6.07, 6.45) is 0.525. The van der Waals surface area contributed by atoms with Crippen LogP contribution < -0.4 is 0 Å². The Labute approximate surface area is 61.7 Å². The van der Waals surface area contributed by atoms with E-state index in [1.54, 1.807) is 6.92 Å². The van der Waals surface area contributed by atoms with Gasteiger partial charge in [-0.3, -0.25) is 0 Å². The number of rotatable bonds is 3. The van der Waals surface area contributed by atoms with E-state index in [1.165, 1.54) is 0 Å². The molecule has 1 N–H and O–H groups in total. The molecule has 0 aromatic carbocycles. The lowest BCUT2D eigenvalue weighted by molar-refractivity contribution is -0.772. The summed E-state index contributed by atoms with van der Waals surface area (Å²) in [6, 6.07) is 0. The highest BCUT2D eigenvalue weighted by atomic mass is 35.5. The minimum absolute atomic E-state index is 0.235. The summed E-state index contributed by atoms with van der Waals surface area (Å²) in [7, 11) is 3.79. The first-order valence-electron chi connectivity index (χ1n) is 3.12. The first-order valence-corrected chi connectivity index (χ1v) is 3.46. The molecule has 3 heteroatoms. The first-order chi connectivity index (χ1) is 3.92. The fourth-order valence-electron chi connectivity index (χ4n) is 0.494. The molecule has 0 amide bonds. The second-order valence-electron chi connectivity index (χ2n) is 2.90.